The van der Waals surface area contributed by atoms with E-state index in [9.17, 15) is 19.0 Å². The first-order chi connectivity index (χ1) is 30.0. The number of quaternary nitrogens is 1. The molecular weight excluding hydrogens is 798 g/mol. The Labute approximate surface area is 382 Å². The van der Waals surface area contributed by atoms with Crippen LogP contribution in [0.25, 0.3) is 0 Å². The quantitative estimate of drug-likeness (QED) is 0.0212. The van der Waals surface area contributed by atoms with Gasteiger partial charge in [-0.25, -0.2) is 4.57 Å². The van der Waals surface area contributed by atoms with Gasteiger partial charge in [0, 0.05) is 12.8 Å². The van der Waals surface area contributed by atoms with Gasteiger partial charge in [-0.2, -0.15) is 0 Å². The lowest BCUT2D eigenvalue weighted by Gasteiger charge is -2.24. The third-order valence-electron chi connectivity index (χ3n) is 11.1. The Hall–Kier alpha value is -1.77. The molecule has 0 aliphatic carbocycles. The fourth-order valence-electron chi connectivity index (χ4n) is 7.10. The molecule has 0 aromatic carbocycles. The molecule has 0 aliphatic heterocycles. The fraction of sp³-hybridized carbons (Fsp3) is 0.846. The van der Waals surface area contributed by atoms with Gasteiger partial charge in [0.05, 0.1) is 27.7 Å². The van der Waals surface area contributed by atoms with Crippen molar-refractivity contribution in [3.63, 3.8) is 0 Å². The molecule has 2 unspecified atom stereocenters. The minimum absolute atomic E-state index is 0.0304. The van der Waals surface area contributed by atoms with Gasteiger partial charge in [-0.3, -0.25) is 18.6 Å². The molecule has 1 N–H and O–H groups in total. The number of phosphoric ester groups is 1. The first-order valence-electron chi connectivity index (χ1n) is 25.7. The van der Waals surface area contributed by atoms with E-state index in [-0.39, 0.29) is 32.0 Å². The number of hydrogen-bond donors (Lipinski definition) is 1. The molecule has 0 fully saturated rings. The van der Waals surface area contributed by atoms with Crippen LogP contribution in [0.1, 0.15) is 232 Å². The zero-order chi connectivity index (χ0) is 45.7. The van der Waals surface area contributed by atoms with Crippen LogP contribution in [-0.2, 0) is 32.7 Å². The molecule has 0 aromatic heterocycles. The monoisotopic (exact) mass is 897 g/mol. The summed E-state index contributed by atoms with van der Waals surface area (Å²) in [6.07, 6.45) is 51.9. The lowest BCUT2D eigenvalue weighted by molar-refractivity contribution is -0.870. The maximum absolute atomic E-state index is 12.8. The highest BCUT2D eigenvalue weighted by Gasteiger charge is 2.27. The molecule has 0 radical (unpaired) electrons. The van der Waals surface area contributed by atoms with E-state index in [1.165, 1.54) is 154 Å². The molecule has 0 rings (SSSR count). The molecule has 0 bridgehead atoms. The number of rotatable bonds is 47. The van der Waals surface area contributed by atoms with Crippen LogP contribution in [0.3, 0.4) is 0 Å². The Morgan fingerprint density at radius 1 is 0.500 bits per heavy atom. The molecule has 364 valence electrons. The third kappa shape index (κ3) is 47.7. The SMILES string of the molecule is CCCCCCC/C=C\C/C=C\CCCCCCCCCCCC(=O)OC(COC(=O)CCCCCCCCC/C=C\CCCCCCCC)COP(=O)(O)OCC[N+](C)(C)C. The summed E-state index contributed by atoms with van der Waals surface area (Å²) in [6, 6.07) is 0. The minimum Gasteiger partial charge on any atom is -0.462 e. The van der Waals surface area contributed by atoms with E-state index >= 15 is 0 Å². The Balaban J connectivity index is 4.26. The summed E-state index contributed by atoms with van der Waals surface area (Å²) in [5.41, 5.74) is 0. The number of nitrogens with zero attached hydrogens (tertiary/aromatic N) is 1. The van der Waals surface area contributed by atoms with Crippen LogP contribution in [0.5, 0.6) is 0 Å². The molecule has 10 heteroatoms. The second-order valence-electron chi connectivity index (χ2n) is 18.5. The highest BCUT2D eigenvalue weighted by atomic mass is 31.2. The van der Waals surface area contributed by atoms with Crippen LogP contribution in [0.4, 0.5) is 0 Å². The Morgan fingerprint density at radius 2 is 0.871 bits per heavy atom. The van der Waals surface area contributed by atoms with Crippen molar-refractivity contribution in [3.05, 3.63) is 36.5 Å². The minimum atomic E-state index is -4.38. The van der Waals surface area contributed by atoms with E-state index in [4.69, 9.17) is 18.5 Å². The number of likely N-dealkylation sites (N-methyl/N-ethyl adjacent to an activating group) is 1. The van der Waals surface area contributed by atoms with Crippen molar-refractivity contribution in [2.45, 2.75) is 238 Å². The molecule has 0 amide bonds. The zero-order valence-corrected chi connectivity index (χ0v) is 42.0. The van der Waals surface area contributed by atoms with Gasteiger partial charge in [-0.05, 0) is 70.6 Å². The first-order valence-corrected chi connectivity index (χ1v) is 27.2. The van der Waals surface area contributed by atoms with Gasteiger partial charge >= 0.3 is 19.8 Å². The Kier molecular flexibility index (Phi) is 43.2. The molecule has 0 saturated carbocycles. The van der Waals surface area contributed by atoms with E-state index < -0.39 is 26.5 Å². The Morgan fingerprint density at radius 3 is 1.29 bits per heavy atom. The number of esters is 2. The van der Waals surface area contributed by atoms with Gasteiger partial charge in [0.2, 0.25) is 0 Å². The highest BCUT2D eigenvalue weighted by molar-refractivity contribution is 7.47. The largest absolute Gasteiger partial charge is 0.472 e. The molecule has 62 heavy (non-hydrogen) atoms. The van der Waals surface area contributed by atoms with Crippen molar-refractivity contribution >= 4 is 19.8 Å². The normalized spacial score (nSPS) is 13.7. The summed E-state index contributed by atoms with van der Waals surface area (Å²) in [6.45, 7) is 4.42. The number of carbonyl (C=O) groups is 2. The van der Waals surface area contributed by atoms with E-state index in [1.807, 2.05) is 21.1 Å². The van der Waals surface area contributed by atoms with Gasteiger partial charge in [0.25, 0.3) is 0 Å². The number of allylic oxidation sites excluding steroid dienone is 6. The lowest BCUT2D eigenvalue weighted by Crippen LogP contribution is -2.37. The smallest absolute Gasteiger partial charge is 0.462 e. The molecule has 2 atom stereocenters. The van der Waals surface area contributed by atoms with Gasteiger partial charge < -0.3 is 18.9 Å². The summed E-state index contributed by atoms with van der Waals surface area (Å²) in [5, 5.41) is 0. The van der Waals surface area contributed by atoms with Crippen LogP contribution in [0, 0.1) is 0 Å². The van der Waals surface area contributed by atoms with Crippen LogP contribution in [0.2, 0.25) is 0 Å². The van der Waals surface area contributed by atoms with E-state index in [2.05, 4.69) is 50.3 Å². The molecule has 0 aliphatic rings. The van der Waals surface area contributed by atoms with Crippen molar-refractivity contribution in [2.24, 2.45) is 0 Å². The van der Waals surface area contributed by atoms with Gasteiger partial charge in [-0.15, -0.1) is 0 Å². The number of carbonyl (C=O) groups excluding carboxylic acids is 2. The van der Waals surface area contributed by atoms with Gasteiger partial charge in [0.1, 0.15) is 19.8 Å². The predicted octanol–water partition coefficient (Wildman–Crippen LogP) is 15.3. The highest BCUT2D eigenvalue weighted by Crippen LogP contribution is 2.43. The van der Waals surface area contributed by atoms with Crippen molar-refractivity contribution in [3.8, 4) is 0 Å². The van der Waals surface area contributed by atoms with Gasteiger partial charge in [0.15, 0.2) is 6.10 Å². The van der Waals surface area contributed by atoms with E-state index in [0.29, 0.717) is 17.4 Å². The van der Waals surface area contributed by atoms with Crippen LogP contribution in [-0.4, -0.2) is 74.9 Å². The number of hydrogen-bond acceptors (Lipinski definition) is 7. The summed E-state index contributed by atoms with van der Waals surface area (Å²) < 4.78 is 34.5. The van der Waals surface area contributed by atoms with Crippen molar-refractivity contribution in [1.82, 2.24) is 0 Å². The standard InChI is InChI=1S/C52H98NO8P/c1-6-8-10-12-14-16-18-20-22-24-25-26-27-29-31-33-35-37-39-41-43-45-52(55)61-50(49-60-62(56,57)59-47-46-53(3,4)5)48-58-51(54)44-42-40-38-36-34-32-30-28-23-21-19-17-15-13-11-9-7-2/h18,20-21,23-25,50H,6-17,19,22,26-49H2,1-5H3/p+1/b20-18-,23-21-,25-24-. The summed E-state index contributed by atoms with van der Waals surface area (Å²) in [4.78, 5) is 35.5. The van der Waals surface area contributed by atoms with Crippen LogP contribution < -0.4 is 0 Å². The predicted molar refractivity (Wildman–Crippen MR) is 261 cm³/mol. The molecule has 0 saturated heterocycles. The summed E-state index contributed by atoms with van der Waals surface area (Å²) in [7, 11) is 1.47. The first kappa shape index (κ1) is 60.2. The van der Waals surface area contributed by atoms with Crippen molar-refractivity contribution in [2.75, 3.05) is 47.5 Å². The van der Waals surface area contributed by atoms with Crippen LogP contribution >= 0.6 is 7.82 Å². The van der Waals surface area contributed by atoms with E-state index in [0.717, 1.165) is 44.9 Å². The summed E-state index contributed by atoms with van der Waals surface area (Å²) in [5.74, 6) is -0.801. The fourth-order valence-corrected chi connectivity index (χ4v) is 7.84. The van der Waals surface area contributed by atoms with Gasteiger partial charge in [-0.1, -0.05) is 185 Å². The Bertz CT molecular complexity index is 1150. The maximum Gasteiger partial charge on any atom is 0.472 e. The molecule has 0 aromatic rings. The number of phosphoric acid groups is 1. The second kappa shape index (κ2) is 44.4. The van der Waals surface area contributed by atoms with E-state index in [1.54, 1.807) is 0 Å². The average molecular weight is 897 g/mol. The zero-order valence-electron chi connectivity index (χ0n) is 41.1. The average Bonchev–Trinajstić information content (AvgIpc) is 3.23. The maximum atomic E-state index is 12.8. The molecule has 0 spiro atoms. The molecule has 0 heterocycles. The third-order valence-corrected chi connectivity index (χ3v) is 12.1. The van der Waals surface area contributed by atoms with Crippen LogP contribution in [0.15, 0.2) is 36.5 Å². The number of unbranched alkanes of at least 4 members (excludes halogenated alkanes) is 27. The summed E-state index contributed by atoms with van der Waals surface area (Å²) >= 11 is 0. The van der Waals surface area contributed by atoms with Crippen molar-refractivity contribution < 1.29 is 42.1 Å². The molecule has 9 nitrogen and oxygen atoms in total. The number of ether oxygens (including phenoxy) is 2. The second-order valence-corrected chi connectivity index (χ2v) is 20.0. The topological polar surface area (TPSA) is 108 Å². The lowest BCUT2D eigenvalue weighted by atomic mass is 10.1. The molecular formula is C52H99NO8P+. The van der Waals surface area contributed by atoms with Crippen molar-refractivity contribution in [1.29, 1.82) is 0 Å².